The largest absolute Gasteiger partial charge is 0.353 e. The van der Waals surface area contributed by atoms with Crippen LogP contribution in [0.25, 0.3) is 10.9 Å². The molecule has 0 spiro atoms. The van der Waals surface area contributed by atoms with E-state index >= 15 is 0 Å². The smallest absolute Gasteiger partial charge is 0.224 e. The summed E-state index contributed by atoms with van der Waals surface area (Å²) in [7, 11) is 0. The van der Waals surface area contributed by atoms with E-state index < -0.39 is 0 Å². The summed E-state index contributed by atoms with van der Waals surface area (Å²) in [5.41, 5.74) is 4.43. The number of hydrogen-bond acceptors (Lipinski definition) is 2. The molecule has 4 heteroatoms. The predicted octanol–water partition coefficient (Wildman–Crippen LogP) is 5.63. The summed E-state index contributed by atoms with van der Waals surface area (Å²) in [6.45, 7) is 7.67. The highest BCUT2D eigenvalue weighted by molar-refractivity contribution is 5.89. The lowest BCUT2D eigenvalue weighted by molar-refractivity contribution is -0.128. The predicted molar refractivity (Wildman–Crippen MR) is 132 cm³/mol. The molecule has 4 nitrogen and oxygen atoms in total. The second-order valence-electron chi connectivity index (χ2n) is 10.6. The van der Waals surface area contributed by atoms with Crippen molar-refractivity contribution in [2.45, 2.75) is 103 Å². The molecule has 2 fully saturated rings. The highest BCUT2D eigenvalue weighted by Gasteiger charge is 2.42. The van der Waals surface area contributed by atoms with Crippen molar-refractivity contribution in [2.24, 2.45) is 5.92 Å². The third kappa shape index (κ3) is 4.11. The summed E-state index contributed by atoms with van der Waals surface area (Å²) in [5.74, 6) is 0.897. The molecular weight excluding hydrogens is 394 g/mol. The SMILES string of the molecule is CCCCn1cc2c3c(cccc31)C1C[C@@H](C(=O)NC3CCCCC3)CN(CCC)[C@@H]1C2. The standard InChI is InChI=1S/C28H41N3O/c1-3-5-15-31-18-20-17-26-24(23-12-9-13-25(31)27(20)23)16-21(19-30(26)14-4-2)28(32)29-22-10-7-6-8-11-22/h9,12-13,18,21-22,24,26H,3-8,10-11,14-17,19H2,1-2H3,(H,29,32)/t21-,24?,26-/m1/s1. The van der Waals surface area contributed by atoms with Crippen molar-refractivity contribution in [1.82, 2.24) is 14.8 Å². The number of hydrogen-bond donors (Lipinski definition) is 1. The van der Waals surface area contributed by atoms with Crippen LogP contribution in [0.5, 0.6) is 0 Å². The number of carbonyl (C=O) groups is 1. The molecule has 1 amide bonds. The van der Waals surface area contributed by atoms with Gasteiger partial charge in [0.1, 0.15) is 0 Å². The van der Waals surface area contributed by atoms with E-state index in [1.807, 2.05) is 0 Å². The first-order valence-corrected chi connectivity index (χ1v) is 13.3. The highest BCUT2D eigenvalue weighted by atomic mass is 16.2. The molecule has 1 saturated carbocycles. The van der Waals surface area contributed by atoms with Crippen LogP contribution in [0, 0.1) is 5.92 Å². The second-order valence-corrected chi connectivity index (χ2v) is 10.6. The molecule has 0 radical (unpaired) electrons. The molecule has 1 saturated heterocycles. The van der Waals surface area contributed by atoms with Gasteiger partial charge in [0.2, 0.25) is 5.91 Å². The van der Waals surface area contributed by atoms with Gasteiger partial charge in [-0.3, -0.25) is 9.69 Å². The minimum absolute atomic E-state index is 0.115. The summed E-state index contributed by atoms with van der Waals surface area (Å²) in [5, 5.41) is 4.94. The zero-order valence-corrected chi connectivity index (χ0v) is 20.1. The van der Waals surface area contributed by atoms with Crippen molar-refractivity contribution in [2.75, 3.05) is 13.1 Å². The lowest BCUT2D eigenvalue weighted by atomic mass is 9.72. The van der Waals surface area contributed by atoms with E-state index in [4.69, 9.17) is 0 Å². The van der Waals surface area contributed by atoms with Crippen LogP contribution in [0.1, 0.15) is 88.7 Å². The molecule has 1 aromatic carbocycles. The van der Waals surface area contributed by atoms with Crippen LogP contribution < -0.4 is 5.32 Å². The molecule has 2 heterocycles. The maximum absolute atomic E-state index is 13.4. The van der Waals surface area contributed by atoms with Crippen molar-refractivity contribution in [3.8, 4) is 0 Å². The summed E-state index contributed by atoms with van der Waals surface area (Å²) < 4.78 is 2.49. The number of fused-ring (bicyclic) bond motifs is 2. The van der Waals surface area contributed by atoms with E-state index in [2.05, 4.69) is 53.0 Å². The fourth-order valence-electron chi connectivity index (χ4n) is 6.79. The van der Waals surface area contributed by atoms with E-state index in [0.717, 1.165) is 51.7 Å². The number of benzene rings is 1. The van der Waals surface area contributed by atoms with Gasteiger partial charge >= 0.3 is 0 Å². The van der Waals surface area contributed by atoms with E-state index in [9.17, 15) is 4.79 Å². The number of aromatic nitrogens is 1. The molecule has 1 aliphatic heterocycles. The van der Waals surface area contributed by atoms with Gasteiger partial charge in [-0.1, -0.05) is 51.7 Å². The van der Waals surface area contributed by atoms with E-state index in [0.29, 0.717) is 23.9 Å². The van der Waals surface area contributed by atoms with Gasteiger partial charge in [-0.2, -0.15) is 0 Å². The van der Waals surface area contributed by atoms with E-state index in [1.54, 1.807) is 0 Å². The van der Waals surface area contributed by atoms with Gasteiger partial charge in [0, 0.05) is 48.2 Å². The third-order valence-electron chi connectivity index (χ3n) is 8.36. The lowest BCUT2D eigenvalue weighted by Crippen LogP contribution is -2.54. The lowest BCUT2D eigenvalue weighted by Gasteiger charge is -2.47. The van der Waals surface area contributed by atoms with Crippen molar-refractivity contribution >= 4 is 16.8 Å². The minimum atomic E-state index is 0.115. The number of unbranched alkanes of at least 4 members (excludes halogenated alkanes) is 1. The first-order chi connectivity index (χ1) is 15.7. The summed E-state index contributed by atoms with van der Waals surface area (Å²) in [4.78, 5) is 16.0. The quantitative estimate of drug-likeness (QED) is 0.612. The average molecular weight is 436 g/mol. The second kappa shape index (κ2) is 9.59. The Kier molecular flexibility index (Phi) is 6.59. The van der Waals surface area contributed by atoms with E-state index in [-0.39, 0.29) is 5.92 Å². The van der Waals surface area contributed by atoms with Crippen LogP contribution in [0.2, 0.25) is 0 Å². The van der Waals surface area contributed by atoms with Gasteiger partial charge in [-0.25, -0.2) is 0 Å². The van der Waals surface area contributed by atoms with E-state index in [1.165, 1.54) is 54.1 Å². The van der Waals surface area contributed by atoms with Gasteiger partial charge in [0.15, 0.2) is 0 Å². The van der Waals surface area contributed by atoms with Gasteiger partial charge in [0.05, 0.1) is 5.92 Å². The number of piperidine rings is 1. The summed E-state index contributed by atoms with van der Waals surface area (Å²) in [6.07, 6.45) is 14.4. The molecule has 1 aromatic heterocycles. The zero-order chi connectivity index (χ0) is 22.1. The molecule has 2 aliphatic carbocycles. The van der Waals surface area contributed by atoms with Crippen LogP contribution in [0.3, 0.4) is 0 Å². The van der Waals surface area contributed by atoms with Crippen molar-refractivity contribution in [3.63, 3.8) is 0 Å². The molecular formula is C28H41N3O. The van der Waals surface area contributed by atoms with Crippen LogP contribution in [-0.4, -0.2) is 40.5 Å². The molecule has 3 atom stereocenters. The average Bonchev–Trinajstić information content (AvgIpc) is 3.17. The Morgan fingerprint density at radius 1 is 1.09 bits per heavy atom. The Bertz CT molecular complexity index is 942. The van der Waals surface area contributed by atoms with Crippen LogP contribution in [0.4, 0.5) is 0 Å². The fourth-order valence-corrected chi connectivity index (χ4v) is 6.79. The number of nitrogens with zero attached hydrogens (tertiary/aromatic N) is 2. The highest BCUT2D eigenvalue weighted by Crippen LogP contribution is 2.45. The molecule has 1 N–H and O–H groups in total. The number of likely N-dealkylation sites (tertiary alicyclic amines) is 1. The van der Waals surface area contributed by atoms with Gasteiger partial charge < -0.3 is 9.88 Å². The normalized spacial score (nSPS) is 26.2. The number of amides is 1. The zero-order valence-electron chi connectivity index (χ0n) is 20.1. The van der Waals surface area contributed by atoms with Crippen molar-refractivity contribution < 1.29 is 4.79 Å². The van der Waals surface area contributed by atoms with Crippen molar-refractivity contribution in [3.05, 3.63) is 35.5 Å². The van der Waals surface area contributed by atoms with Gasteiger partial charge in [-0.15, -0.1) is 0 Å². The Labute approximate surface area is 193 Å². The molecule has 5 rings (SSSR count). The third-order valence-corrected chi connectivity index (χ3v) is 8.36. The fraction of sp³-hybridized carbons (Fsp3) is 0.679. The van der Waals surface area contributed by atoms with Gasteiger partial charge in [-0.05, 0) is 62.3 Å². The Morgan fingerprint density at radius 3 is 2.72 bits per heavy atom. The Hall–Kier alpha value is -1.81. The number of nitrogens with one attached hydrogen (secondary N) is 1. The molecule has 1 unspecified atom stereocenters. The monoisotopic (exact) mass is 435 g/mol. The minimum Gasteiger partial charge on any atom is -0.353 e. The maximum Gasteiger partial charge on any atom is 0.224 e. The van der Waals surface area contributed by atoms with Crippen molar-refractivity contribution in [1.29, 1.82) is 0 Å². The molecule has 0 bridgehead atoms. The Balaban J connectivity index is 1.43. The number of carbonyl (C=O) groups excluding carboxylic acids is 1. The first kappa shape index (κ1) is 22.0. The molecule has 2 aromatic rings. The van der Waals surface area contributed by atoms with Crippen LogP contribution in [0.15, 0.2) is 24.4 Å². The van der Waals surface area contributed by atoms with Gasteiger partial charge in [0.25, 0.3) is 0 Å². The first-order valence-electron chi connectivity index (χ1n) is 13.3. The Morgan fingerprint density at radius 2 is 1.94 bits per heavy atom. The van der Waals surface area contributed by atoms with Crippen LogP contribution in [-0.2, 0) is 17.8 Å². The topological polar surface area (TPSA) is 37.3 Å². The number of rotatable bonds is 7. The molecule has 3 aliphatic rings. The molecule has 32 heavy (non-hydrogen) atoms. The maximum atomic E-state index is 13.4. The summed E-state index contributed by atoms with van der Waals surface area (Å²) >= 11 is 0. The molecule has 174 valence electrons. The van der Waals surface area contributed by atoms with Crippen LogP contribution >= 0.6 is 0 Å². The number of aryl methyl sites for hydroxylation is 1. The summed E-state index contributed by atoms with van der Waals surface area (Å²) in [6, 6.07) is 7.86.